The average Bonchev–Trinajstić information content (AvgIpc) is 3.60. The third-order valence-corrected chi connectivity index (χ3v) is 6.35. The van der Waals surface area contributed by atoms with Gasteiger partial charge in [0.25, 0.3) is 0 Å². The lowest BCUT2D eigenvalue weighted by Crippen LogP contribution is -2.18. The van der Waals surface area contributed by atoms with E-state index in [0.717, 1.165) is 33.7 Å². The molecule has 9 nitrogen and oxygen atoms in total. The molecule has 5 aromatic rings. The standard InChI is InChI=1S/C24H21F2N9/c1-34-23(7-9-29-34)31-24-28-8-6-19(30-24)15-3-5-21-20(11-15)32-33-35(21)22-13-27-12-16(22)14-2-4-17(25)18(26)10-14/h2-11,16,22,27H,12-13H2,1H3,(H,28,30,31)/t16-,22?/m0/s1. The van der Waals surface area contributed by atoms with Crippen molar-refractivity contribution in [2.75, 3.05) is 18.4 Å². The molecule has 2 N–H and O–H groups in total. The minimum Gasteiger partial charge on any atom is -0.314 e. The zero-order valence-corrected chi connectivity index (χ0v) is 18.7. The van der Waals surface area contributed by atoms with Crippen molar-refractivity contribution in [2.45, 2.75) is 12.0 Å². The summed E-state index contributed by atoms with van der Waals surface area (Å²) in [7, 11) is 1.83. The number of halogens is 2. The van der Waals surface area contributed by atoms with Gasteiger partial charge in [-0.05, 0) is 35.9 Å². The van der Waals surface area contributed by atoms with E-state index in [-0.39, 0.29) is 12.0 Å². The quantitative estimate of drug-likeness (QED) is 0.403. The molecule has 1 unspecified atom stereocenters. The number of anilines is 2. The molecule has 2 atom stereocenters. The van der Waals surface area contributed by atoms with Crippen molar-refractivity contribution < 1.29 is 8.78 Å². The number of benzene rings is 2. The van der Waals surface area contributed by atoms with E-state index in [9.17, 15) is 8.78 Å². The van der Waals surface area contributed by atoms with Gasteiger partial charge in [0.15, 0.2) is 11.6 Å². The molecule has 1 fully saturated rings. The van der Waals surface area contributed by atoms with Crippen LogP contribution in [0.4, 0.5) is 20.5 Å². The van der Waals surface area contributed by atoms with Gasteiger partial charge in [0, 0.05) is 43.9 Å². The van der Waals surface area contributed by atoms with E-state index in [1.54, 1.807) is 23.1 Å². The molecule has 0 bridgehead atoms. The Balaban J connectivity index is 1.30. The first-order valence-electron chi connectivity index (χ1n) is 11.2. The molecule has 0 saturated carbocycles. The van der Waals surface area contributed by atoms with E-state index >= 15 is 0 Å². The van der Waals surface area contributed by atoms with Gasteiger partial charge in [0.2, 0.25) is 5.95 Å². The average molecular weight is 473 g/mol. The molecule has 0 radical (unpaired) electrons. The molecule has 176 valence electrons. The van der Waals surface area contributed by atoms with E-state index in [0.29, 0.717) is 19.0 Å². The zero-order chi connectivity index (χ0) is 23.9. The van der Waals surface area contributed by atoms with Gasteiger partial charge in [-0.2, -0.15) is 5.10 Å². The lowest BCUT2D eigenvalue weighted by molar-refractivity contribution is 0.445. The Morgan fingerprint density at radius 1 is 1.00 bits per heavy atom. The maximum absolute atomic E-state index is 13.9. The summed E-state index contributed by atoms with van der Waals surface area (Å²) >= 11 is 0. The summed E-state index contributed by atoms with van der Waals surface area (Å²) in [5.41, 5.74) is 3.93. The molecule has 0 spiro atoms. The van der Waals surface area contributed by atoms with Gasteiger partial charge in [-0.25, -0.2) is 23.4 Å². The fourth-order valence-corrected chi connectivity index (χ4v) is 4.54. The third kappa shape index (κ3) is 3.89. The van der Waals surface area contributed by atoms with E-state index < -0.39 is 11.6 Å². The largest absolute Gasteiger partial charge is 0.314 e. The Morgan fingerprint density at radius 2 is 1.91 bits per heavy atom. The van der Waals surface area contributed by atoms with Crippen LogP contribution in [0.2, 0.25) is 0 Å². The van der Waals surface area contributed by atoms with Gasteiger partial charge >= 0.3 is 0 Å². The summed E-state index contributed by atoms with van der Waals surface area (Å²) in [6.45, 7) is 1.29. The van der Waals surface area contributed by atoms with Gasteiger partial charge < -0.3 is 10.6 Å². The monoisotopic (exact) mass is 473 g/mol. The van der Waals surface area contributed by atoms with Crippen molar-refractivity contribution in [3.63, 3.8) is 0 Å². The van der Waals surface area contributed by atoms with Crippen LogP contribution in [0.5, 0.6) is 0 Å². The topological polar surface area (TPSA) is 98.4 Å². The summed E-state index contributed by atoms with van der Waals surface area (Å²) < 4.78 is 30.9. The zero-order valence-electron chi connectivity index (χ0n) is 18.7. The molecule has 1 aliphatic rings. The highest BCUT2D eigenvalue weighted by Gasteiger charge is 2.32. The molecule has 4 heterocycles. The first-order chi connectivity index (χ1) is 17.1. The number of hydrogen-bond acceptors (Lipinski definition) is 7. The van der Waals surface area contributed by atoms with Gasteiger partial charge in [-0.3, -0.25) is 4.68 Å². The van der Waals surface area contributed by atoms with Crippen molar-refractivity contribution >= 4 is 22.8 Å². The minimum atomic E-state index is -0.849. The molecule has 6 rings (SSSR count). The molecule has 11 heteroatoms. The Morgan fingerprint density at radius 3 is 2.74 bits per heavy atom. The van der Waals surface area contributed by atoms with Crippen LogP contribution in [-0.4, -0.2) is 47.8 Å². The van der Waals surface area contributed by atoms with E-state index in [2.05, 4.69) is 36.0 Å². The number of hydrogen-bond donors (Lipinski definition) is 2. The normalized spacial score (nSPS) is 17.8. The number of rotatable bonds is 5. The molecule has 0 aliphatic carbocycles. The molecule has 35 heavy (non-hydrogen) atoms. The van der Waals surface area contributed by atoms with Gasteiger partial charge in [0.05, 0.1) is 23.4 Å². The number of nitrogens with zero attached hydrogens (tertiary/aromatic N) is 7. The molecule has 1 saturated heterocycles. The van der Waals surface area contributed by atoms with Crippen molar-refractivity contribution in [2.24, 2.45) is 7.05 Å². The fourth-order valence-electron chi connectivity index (χ4n) is 4.54. The van der Waals surface area contributed by atoms with Crippen LogP contribution >= 0.6 is 0 Å². The third-order valence-electron chi connectivity index (χ3n) is 6.35. The van der Waals surface area contributed by atoms with Crippen molar-refractivity contribution in [3.05, 3.63) is 78.1 Å². The number of nitrogens with one attached hydrogen (secondary N) is 2. The fraction of sp³-hybridized carbons (Fsp3) is 0.208. The summed E-state index contributed by atoms with van der Waals surface area (Å²) in [5, 5.41) is 19.4. The Bertz CT molecular complexity index is 1530. The van der Waals surface area contributed by atoms with Gasteiger partial charge in [-0.15, -0.1) is 5.10 Å². The highest BCUT2D eigenvalue weighted by Crippen LogP contribution is 2.34. The van der Waals surface area contributed by atoms with Gasteiger partial charge in [0.1, 0.15) is 11.3 Å². The summed E-state index contributed by atoms with van der Waals surface area (Å²) in [5.74, 6) is -0.513. The molecule has 0 amide bonds. The van der Waals surface area contributed by atoms with E-state index in [4.69, 9.17) is 0 Å². The lowest BCUT2D eigenvalue weighted by atomic mass is 9.94. The molecule has 2 aromatic carbocycles. The van der Waals surface area contributed by atoms with Crippen molar-refractivity contribution in [1.82, 2.24) is 40.1 Å². The SMILES string of the molecule is Cn1nccc1Nc1nccc(-c2ccc3c(c2)nnn3C2CNC[C@H]2c2ccc(F)c(F)c2)n1. The second kappa shape index (κ2) is 8.51. The highest BCUT2D eigenvalue weighted by molar-refractivity contribution is 5.81. The summed E-state index contributed by atoms with van der Waals surface area (Å²) in [6, 6.07) is 13.5. The first kappa shape index (κ1) is 21.3. The Labute approximate surface area is 198 Å². The van der Waals surface area contributed by atoms with Crippen molar-refractivity contribution in [1.29, 1.82) is 0 Å². The lowest BCUT2D eigenvalue weighted by Gasteiger charge is -2.20. The molecule has 1 aliphatic heterocycles. The molecule has 3 aromatic heterocycles. The number of aromatic nitrogens is 7. The van der Waals surface area contributed by atoms with Crippen LogP contribution in [0, 0.1) is 11.6 Å². The Kier molecular flexibility index (Phi) is 5.18. The van der Waals surface area contributed by atoms with Crippen LogP contribution < -0.4 is 10.6 Å². The highest BCUT2D eigenvalue weighted by atomic mass is 19.2. The number of fused-ring (bicyclic) bond motifs is 1. The maximum atomic E-state index is 13.9. The van der Waals surface area contributed by atoms with Crippen LogP contribution in [0.3, 0.4) is 0 Å². The Hall–Kier alpha value is -4.25. The maximum Gasteiger partial charge on any atom is 0.228 e. The smallest absolute Gasteiger partial charge is 0.228 e. The first-order valence-corrected chi connectivity index (χ1v) is 11.2. The molecular weight excluding hydrogens is 452 g/mol. The van der Waals surface area contributed by atoms with E-state index in [1.165, 1.54) is 12.1 Å². The summed E-state index contributed by atoms with van der Waals surface area (Å²) in [6.07, 6.45) is 3.39. The molecular formula is C24H21F2N9. The van der Waals surface area contributed by atoms with Crippen molar-refractivity contribution in [3.8, 4) is 11.3 Å². The minimum absolute atomic E-state index is 0.0582. The van der Waals surface area contributed by atoms with Crippen LogP contribution in [-0.2, 0) is 7.05 Å². The van der Waals surface area contributed by atoms with Crippen LogP contribution in [0.25, 0.3) is 22.3 Å². The summed E-state index contributed by atoms with van der Waals surface area (Å²) in [4.78, 5) is 8.92. The predicted molar refractivity (Wildman–Crippen MR) is 126 cm³/mol. The predicted octanol–water partition coefficient (Wildman–Crippen LogP) is 3.57. The van der Waals surface area contributed by atoms with Crippen LogP contribution in [0.15, 0.2) is 60.9 Å². The van der Waals surface area contributed by atoms with Crippen LogP contribution in [0.1, 0.15) is 17.5 Å². The number of aryl methyl sites for hydroxylation is 1. The second-order valence-corrected chi connectivity index (χ2v) is 8.47. The van der Waals surface area contributed by atoms with E-state index in [1.807, 2.05) is 42.1 Å². The second-order valence-electron chi connectivity index (χ2n) is 8.47. The van der Waals surface area contributed by atoms with Gasteiger partial charge in [-0.1, -0.05) is 17.3 Å².